The first-order valence-electron chi connectivity index (χ1n) is 4.98. The number of aryl methyl sites for hydroxylation is 2. The number of rotatable bonds is 4. The average molecular weight is 188 g/mol. The molecule has 0 unspecified atom stereocenters. The van der Waals surface area contributed by atoms with Gasteiger partial charge in [0.1, 0.15) is 0 Å². The van der Waals surface area contributed by atoms with Crippen LogP contribution in [0.4, 0.5) is 5.69 Å². The Morgan fingerprint density at radius 2 is 2.21 bits per heavy atom. The number of nitriles is 1. The number of nitrogens with one attached hydrogen (secondary N) is 1. The minimum Gasteiger partial charge on any atom is -0.384 e. The van der Waals surface area contributed by atoms with Gasteiger partial charge in [0, 0.05) is 12.2 Å². The number of hydrogen-bond acceptors (Lipinski definition) is 2. The van der Waals surface area contributed by atoms with E-state index in [0.717, 1.165) is 18.7 Å². The maximum absolute atomic E-state index is 8.40. The SMILES string of the molecule is CCc1cc(NCCC#N)ccc1C. The Labute approximate surface area is 85.6 Å². The Bertz CT molecular complexity index is 337. The van der Waals surface area contributed by atoms with Gasteiger partial charge < -0.3 is 5.32 Å². The normalized spacial score (nSPS) is 9.50. The third-order valence-corrected chi connectivity index (χ3v) is 2.30. The van der Waals surface area contributed by atoms with E-state index in [1.807, 2.05) is 0 Å². The second kappa shape index (κ2) is 5.29. The highest BCUT2D eigenvalue weighted by atomic mass is 14.9. The molecule has 1 rings (SSSR count). The maximum Gasteiger partial charge on any atom is 0.0640 e. The first kappa shape index (κ1) is 10.6. The standard InChI is InChI=1S/C12H16N2/c1-3-11-9-12(6-5-10(11)2)14-8-4-7-13/h5-6,9,14H,3-4,8H2,1-2H3. The topological polar surface area (TPSA) is 35.8 Å². The Balaban J connectivity index is 2.65. The zero-order chi connectivity index (χ0) is 10.4. The molecule has 0 aliphatic carbocycles. The maximum atomic E-state index is 8.40. The summed E-state index contributed by atoms with van der Waals surface area (Å²) in [5.41, 5.74) is 3.81. The molecule has 1 aromatic rings. The van der Waals surface area contributed by atoms with Crippen molar-refractivity contribution >= 4 is 5.69 Å². The monoisotopic (exact) mass is 188 g/mol. The van der Waals surface area contributed by atoms with Crippen LogP contribution in [0, 0.1) is 18.3 Å². The van der Waals surface area contributed by atoms with Crippen LogP contribution in [0.5, 0.6) is 0 Å². The summed E-state index contributed by atoms with van der Waals surface area (Å²) < 4.78 is 0. The summed E-state index contributed by atoms with van der Waals surface area (Å²) in [4.78, 5) is 0. The van der Waals surface area contributed by atoms with Gasteiger partial charge in [-0.15, -0.1) is 0 Å². The quantitative estimate of drug-likeness (QED) is 0.737. The highest BCUT2D eigenvalue weighted by Crippen LogP contribution is 2.15. The summed E-state index contributed by atoms with van der Waals surface area (Å²) in [5.74, 6) is 0. The smallest absolute Gasteiger partial charge is 0.0640 e. The molecule has 1 aromatic carbocycles. The van der Waals surface area contributed by atoms with Crippen molar-refractivity contribution in [3.63, 3.8) is 0 Å². The average Bonchev–Trinajstić information content (AvgIpc) is 2.21. The molecule has 14 heavy (non-hydrogen) atoms. The van der Waals surface area contributed by atoms with Crippen molar-refractivity contribution < 1.29 is 0 Å². The van der Waals surface area contributed by atoms with Gasteiger partial charge in [0.15, 0.2) is 0 Å². The molecule has 1 N–H and O–H groups in total. The number of nitrogens with zero attached hydrogens (tertiary/aromatic N) is 1. The van der Waals surface area contributed by atoms with E-state index >= 15 is 0 Å². The molecule has 0 saturated heterocycles. The van der Waals surface area contributed by atoms with Gasteiger partial charge >= 0.3 is 0 Å². The van der Waals surface area contributed by atoms with Crippen molar-refractivity contribution in [2.24, 2.45) is 0 Å². The van der Waals surface area contributed by atoms with Gasteiger partial charge in [-0.25, -0.2) is 0 Å². The van der Waals surface area contributed by atoms with Crippen molar-refractivity contribution in [1.82, 2.24) is 0 Å². The molecule has 0 aliphatic heterocycles. The first-order valence-corrected chi connectivity index (χ1v) is 4.98. The molecule has 2 nitrogen and oxygen atoms in total. The highest BCUT2D eigenvalue weighted by Gasteiger charge is 1.97. The molecular formula is C12H16N2. The summed E-state index contributed by atoms with van der Waals surface area (Å²) in [6.07, 6.45) is 1.61. The van der Waals surface area contributed by atoms with Gasteiger partial charge in [-0.1, -0.05) is 13.0 Å². The lowest BCUT2D eigenvalue weighted by molar-refractivity contribution is 1.06. The van der Waals surface area contributed by atoms with Crippen LogP contribution in [0.3, 0.4) is 0 Å². The Morgan fingerprint density at radius 1 is 1.43 bits per heavy atom. The predicted octanol–water partition coefficient (Wildman–Crippen LogP) is 2.88. The first-order chi connectivity index (χ1) is 6.77. The van der Waals surface area contributed by atoms with Gasteiger partial charge in [0.25, 0.3) is 0 Å². The van der Waals surface area contributed by atoms with Gasteiger partial charge in [-0.2, -0.15) is 5.26 Å². The fraction of sp³-hybridized carbons (Fsp3) is 0.417. The number of anilines is 1. The van der Waals surface area contributed by atoms with E-state index in [9.17, 15) is 0 Å². The van der Waals surface area contributed by atoms with E-state index in [1.165, 1.54) is 11.1 Å². The van der Waals surface area contributed by atoms with E-state index < -0.39 is 0 Å². The van der Waals surface area contributed by atoms with Crippen LogP contribution < -0.4 is 5.32 Å². The molecule has 2 heteroatoms. The van der Waals surface area contributed by atoms with Crippen molar-refractivity contribution in [2.45, 2.75) is 26.7 Å². The molecule has 0 radical (unpaired) electrons. The molecule has 0 aliphatic rings. The van der Waals surface area contributed by atoms with Crippen LogP contribution in [-0.4, -0.2) is 6.54 Å². The summed E-state index contributed by atoms with van der Waals surface area (Å²) in [6.45, 7) is 5.00. The van der Waals surface area contributed by atoms with E-state index in [1.54, 1.807) is 0 Å². The van der Waals surface area contributed by atoms with Gasteiger partial charge in [0.2, 0.25) is 0 Å². The summed E-state index contributed by atoms with van der Waals surface area (Å²) in [7, 11) is 0. The Kier molecular flexibility index (Phi) is 4.00. The molecule has 0 fully saturated rings. The van der Waals surface area contributed by atoms with Crippen molar-refractivity contribution in [3.05, 3.63) is 29.3 Å². The van der Waals surface area contributed by atoms with Crippen LogP contribution >= 0.6 is 0 Å². The molecule has 0 spiro atoms. The van der Waals surface area contributed by atoms with Crippen LogP contribution in [0.2, 0.25) is 0 Å². The third-order valence-electron chi connectivity index (χ3n) is 2.30. The van der Waals surface area contributed by atoms with Gasteiger partial charge in [-0.05, 0) is 36.6 Å². The molecule has 0 heterocycles. The van der Waals surface area contributed by atoms with Crippen LogP contribution in [-0.2, 0) is 6.42 Å². The molecule has 0 aromatic heterocycles. The van der Waals surface area contributed by atoms with Gasteiger partial charge in [-0.3, -0.25) is 0 Å². The third kappa shape index (κ3) is 2.77. The molecular weight excluding hydrogens is 172 g/mol. The minimum atomic E-state index is 0.551. The van der Waals surface area contributed by atoms with E-state index in [0.29, 0.717) is 6.42 Å². The van der Waals surface area contributed by atoms with Gasteiger partial charge in [0.05, 0.1) is 12.5 Å². The van der Waals surface area contributed by atoms with Crippen molar-refractivity contribution in [3.8, 4) is 6.07 Å². The van der Waals surface area contributed by atoms with Crippen LogP contribution in [0.1, 0.15) is 24.5 Å². The summed E-state index contributed by atoms with van der Waals surface area (Å²) >= 11 is 0. The predicted molar refractivity (Wildman–Crippen MR) is 59.3 cm³/mol. The number of benzene rings is 1. The minimum absolute atomic E-state index is 0.551. The van der Waals surface area contributed by atoms with E-state index in [2.05, 4.69) is 43.4 Å². The fourth-order valence-corrected chi connectivity index (χ4v) is 1.43. The van der Waals surface area contributed by atoms with E-state index in [-0.39, 0.29) is 0 Å². The zero-order valence-corrected chi connectivity index (χ0v) is 8.80. The zero-order valence-electron chi connectivity index (χ0n) is 8.80. The number of hydrogen-bond donors (Lipinski definition) is 1. The van der Waals surface area contributed by atoms with Crippen LogP contribution in [0.15, 0.2) is 18.2 Å². The summed E-state index contributed by atoms with van der Waals surface area (Å²) in [5, 5.41) is 11.6. The van der Waals surface area contributed by atoms with E-state index in [4.69, 9.17) is 5.26 Å². The molecule has 0 bridgehead atoms. The fourth-order valence-electron chi connectivity index (χ4n) is 1.43. The molecule has 0 saturated carbocycles. The second-order valence-electron chi connectivity index (χ2n) is 3.33. The van der Waals surface area contributed by atoms with Crippen molar-refractivity contribution in [2.75, 3.05) is 11.9 Å². The Morgan fingerprint density at radius 3 is 2.86 bits per heavy atom. The molecule has 0 atom stereocenters. The Hall–Kier alpha value is -1.49. The lowest BCUT2D eigenvalue weighted by atomic mass is 10.1. The lowest BCUT2D eigenvalue weighted by Gasteiger charge is -2.08. The highest BCUT2D eigenvalue weighted by molar-refractivity contribution is 5.48. The molecule has 0 amide bonds. The lowest BCUT2D eigenvalue weighted by Crippen LogP contribution is -2.01. The van der Waals surface area contributed by atoms with Crippen molar-refractivity contribution in [1.29, 1.82) is 5.26 Å². The van der Waals surface area contributed by atoms with Crippen LogP contribution in [0.25, 0.3) is 0 Å². The summed E-state index contributed by atoms with van der Waals surface area (Å²) in [6, 6.07) is 8.45. The molecule has 74 valence electrons. The second-order valence-corrected chi connectivity index (χ2v) is 3.33. The largest absolute Gasteiger partial charge is 0.384 e.